The average molecular weight is 405 g/mol. The van der Waals surface area contributed by atoms with Gasteiger partial charge in [-0.15, -0.1) is 0 Å². The molecule has 0 aliphatic carbocycles. The van der Waals surface area contributed by atoms with Crippen molar-refractivity contribution in [1.82, 2.24) is 20.0 Å². The molecule has 164 valence electrons. The molecule has 0 aromatic rings. The van der Waals surface area contributed by atoms with Crippen LogP contribution in [0.25, 0.3) is 0 Å². The number of hydrogen-bond donors (Lipinski definition) is 1. The third kappa shape index (κ3) is 9.72. The van der Waals surface area contributed by atoms with Crippen LogP contribution in [0.4, 0.5) is 0 Å². The molecule has 6 nitrogen and oxygen atoms in total. The zero-order valence-corrected chi connectivity index (χ0v) is 19.5. The summed E-state index contributed by atoms with van der Waals surface area (Å²) in [5.41, 5.74) is 2.17. The minimum atomic E-state index is -0.195. The summed E-state index contributed by atoms with van der Waals surface area (Å²) in [6.45, 7) is 14.5. The Morgan fingerprint density at radius 3 is 2.00 bits per heavy atom. The molecule has 0 aromatic heterocycles. The van der Waals surface area contributed by atoms with Crippen molar-refractivity contribution < 1.29 is 9.59 Å². The van der Waals surface area contributed by atoms with Gasteiger partial charge < -0.3 is 20.0 Å². The van der Waals surface area contributed by atoms with Crippen LogP contribution in [0.5, 0.6) is 0 Å². The van der Waals surface area contributed by atoms with Gasteiger partial charge in [-0.2, -0.15) is 0 Å². The Bertz CT molecular complexity index is 645. The molecular formula is C23H40N4O2. The Kier molecular flexibility index (Phi) is 12.9. The van der Waals surface area contributed by atoms with Gasteiger partial charge in [-0.3, -0.25) is 9.59 Å². The van der Waals surface area contributed by atoms with Gasteiger partial charge in [-0.1, -0.05) is 25.3 Å². The van der Waals surface area contributed by atoms with E-state index in [1.165, 1.54) is 6.08 Å². The maximum absolute atomic E-state index is 12.9. The van der Waals surface area contributed by atoms with Gasteiger partial charge in [0, 0.05) is 31.3 Å². The molecule has 1 N–H and O–H groups in total. The summed E-state index contributed by atoms with van der Waals surface area (Å²) in [5, 5.41) is 2.92. The normalized spacial score (nSPS) is 12.7. The summed E-state index contributed by atoms with van der Waals surface area (Å²) in [7, 11) is 9.81. The first-order valence-electron chi connectivity index (χ1n) is 10.1. The Morgan fingerprint density at radius 1 is 0.966 bits per heavy atom. The van der Waals surface area contributed by atoms with E-state index in [0.29, 0.717) is 35.4 Å². The van der Waals surface area contributed by atoms with Gasteiger partial charge in [0.25, 0.3) is 11.8 Å². The third-order valence-corrected chi connectivity index (χ3v) is 4.66. The minimum absolute atomic E-state index is 0.0922. The van der Waals surface area contributed by atoms with Crippen molar-refractivity contribution >= 4 is 11.8 Å². The van der Waals surface area contributed by atoms with Crippen molar-refractivity contribution in [2.75, 3.05) is 61.4 Å². The van der Waals surface area contributed by atoms with E-state index in [9.17, 15) is 9.59 Å². The molecule has 0 saturated heterocycles. The Labute approximate surface area is 177 Å². The Morgan fingerprint density at radius 2 is 1.52 bits per heavy atom. The van der Waals surface area contributed by atoms with Crippen molar-refractivity contribution in [2.24, 2.45) is 0 Å². The van der Waals surface area contributed by atoms with E-state index >= 15 is 0 Å². The molecule has 0 heterocycles. The largest absolute Gasteiger partial charge is 0.352 e. The lowest BCUT2D eigenvalue weighted by molar-refractivity contribution is -0.125. The number of hydrogen-bond acceptors (Lipinski definition) is 4. The summed E-state index contributed by atoms with van der Waals surface area (Å²) in [5.74, 6) is -0.287. The highest BCUT2D eigenvalue weighted by atomic mass is 16.2. The molecule has 0 saturated carbocycles. The number of carbonyl (C=O) groups is 2. The lowest BCUT2D eigenvalue weighted by atomic mass is 9.94. The molecule has 2 amide bonds. The van der Waals surface area contributed by atoms with Crippen LogP contribution in [0.1, 0.15) is 26.7 Å². The molecular weight excluding hydrogens is 364 g/mol. The highest BCUT2D eigenvalue weighted by Crippen LogP contribution is 2.23. The number of rotatable bonds is 13. The quantitative estimate of drug-likeness (QED) is 0.291. The van der Waals surface area contributed by atoms with E-state index in [0.717, 1.165) is 25.9 Å². The van der Waals surface area contributed by atoms with E-state index in [-0.39, 0.29) is 11.8 Å². The van der Waals surface area contributed by atoms with Gasteiger partial charge in [-0.25, -0.2) is 0 Å². The fraction of sp³-hybridized carbons (Fsp3) is 0.565. The van der Waals surface area contributed by atoms with Gasteiger partial charge in [0.2, 0.25) is 0 Å². The molecule has 0 spiro atoms. The fourth-order valence-corrected chi connectivity index (χ4v) is 2.83. The van der Waals surface area contributed by atoms with Gasteiger partial charge >= 0.3 is 0 Å². The van der Waals surface area contributed by atoms with Crippen molar-refractivity contribution in [3.63, 3.8) is 0 Å². The monoisotopic (exact) mass is 404 g/mol. The highest BCUT2D eigenvalue weighted by Gasteiger charge is 2.20. The number of amides is 2. The maximum atomic E-state index is 12.9. The van der Waals surface area contributed by atoms with Gasteiger partial charge in [0.1, 0.15) is 0 Å². The molecule has 0 aliphatic heterocycles. The molecule has 29 heavy (non-hydrogen) atoms. The first-order chi connectivity index (χ1) is 13.6. The van der Waals surface area contributed by atoms with Crippen LogP contribution >= 0.6 is 0 Å². The molecule has 0 fully saturated rings. The van der Waals surface area contributed by atoms with Gasteiger partial charge in [-0.05, 0) is 79.1 Å². The predicted octanol–water partition coefficient (Wildman–Crippen LogP) is 2.47. The second-order valence-electron chi connectivity index (χ2n) is 7.72. The van der Waals surface area contributed by atoms with E-state index in [4.69, 9.17) is 0 Å². The molecule has 0 rings (SSSR count). The number of nitrogens with one attached hydrogen (secondary N) is 1. The standard InChI is InChI=1S/C23H40N4O2/c1-10-20(22(28)24-14-12-15-25(5)6)18(3)19(4)21(11-2)23(29)27(9)17-13-16-26(7)8/h10-11H,1,4,12-17H2,2-3,5-9H3,(H,24,28)/b20-18+,21-11+. The van der Waals surface area contributed by atoms with Crippen LogP contribution in [0, 0.1) is 0 Å². The Balaban J connectivity index is 5.20. The predicted molar refractivity (Wildman–Crippen MR) is 123 cm³/mol. The van der Waals surface area contributed by atoms with E-state index in [1.807, 2.05) is 42.0 Å². The lowest BCUT2D eigenvalue weighted by Gasteiger charge is -2.22. The van der Waals surface area contributed by atoms with E-state index in [2.05, 4.69) is 28.3 Å². The maximum Gasteiger partial charge on any atom is 0.253 e. The van der Waals surface area contributed by atoms with Crippen LogP contribution in [0.15, 0.2) is 47.6 Å². The summed E-state index contributed by atoms with van der Waals surface area (Å²) < 4.78 is 0. The van der Waals surface area contributed by atoms with E-state index < -0.39 is 0 Å². The number of nitrogens with zero attached hydrogens (tertiary/aromatic N) is 3. The molecule has 0 aromatic carbocycles. The highest BCUT2D eigenvalue weighted by molar-refractivity contribution is 6.02. The average Bonchev–Trinajstić information content (AvgIpc) is 2.65. The fourth-order valence-electron chi connectivity index (χ4n) is 2.83. The number of carbonyl (C=O) groups excluding carboxylic acids is 2. The molecule has 6 heteroatoms. The first kappa shape index (κ1) is 26.8. The molecule has 0 aliphatic rings. The van der Waals surface area contributed by atoms with Crippen molar-refractivity contribution in [3.8, 4) is 0 Å². The second-order valence-corrected chi connectivity index (χ2v) is 7.72. The van der Waals surface area contributed by atoms with Crippen LogP contribution in [-0.2, 0) is 9.59 Å². The summed E-state index contributed by atoms with van der Waals surface area (Å²) in [4.78, 5) is 31.3. The SMILES string of the molecule is C=C/C(C(=O)NCCCN(C)C)=C(/C)C(=C)/C(=C\C)C(=O)N(C)CCCN(C)C. The summed E-state index contributed by atoms with van der Waals surface area (Å²) >= 11 is 0. The van der Waals surface area contributed by atoms with Gasteiger partial charge in [0.05, 0.1) is 0 Å². The molecule has 0 bridgehead atoms. The second kappa shape index (κ2) is 13.9. The van der Waals surface area contributed by atoms with Crippen LogP contribution < -0.4 is 5.32 Å². The molecule has 0 radical (unpaired) electrons. The zero-order valence-electron chi connectivity index (χ0n) is 19.5. The van der Waals surface area contributed by atoms with Crippen LogP contribution in [0.3, 0.4) is 0 Å². The molecule has 0 unspecified atom stereocenters. The topological polar surface area (TPSA) is 55.9 Å². The smallest absolute Gasteiger partial charge is 0.253 e. The van der Waals surface area contributed by atoms with Crippen LogP contribution in [0.2, 0.25) is 0 Å². The minimum Gasteiger partial charge on any atom is -0.352 e. The number of likely N-dealkylation sites (N-methyl/N-ethyl adjacent to an activating group) is 1. The van der Waals surface area contributed by atoms with Crippen molar-refractivity contribution in [3.05, 3.63) is 47.6 Å². The van der Waals surface area contributed by atoms with Crippen LogP contribution in [-0.4, -0.2) is 87.9 Å². The van der Waals surface area contributed by atoms with Gasteiger partial charge in [0.15, 0.2) is 0 Å². The Hall–Kier alpha value is -2.18. The summed E-state index contributed by atoms with van der Waals surface area (Å²) in [6, 6.07) is 0. The first-order valence-corrected chi connectivity index (χ1v) is 10.1. The summed E-state index contributed by atoms with van der Waals surface area (Å²) in [6.07, 6.45) is 5.03. The zero-order chi connectivity index (χ0) is 22.6. The third-order valence-electron chi connectivity index (χ3n) is 4.66. The van der Waals surface area contributed by atoms with Crippen molar-refractivity contribution in [1.29, 1.82) is 0 Å². The van der Waals surface area contributed by atoms with E-state index in [1.54, 1.807) is 18.0 Å². The van der Waals surface area contributed by atoms with Crippen molar-refractivity contribution in [2.45, 2.75) is 26.7 Å². The lowest BCUT2D eigenvalue weighted by Crippen LogP contribution is -2.32. The molecule has 0 atom stereocenters. The number of allylic oxidation sites excluding steroid dienone is 2.